The zero-order valence-corrected chi connectivity index (χ0v) is 14.8. The highest BCUT2D eigenvalue weighted by Gasteiger charge is 2.39. The Labute approximate surface area is 152 Å². The zero-order chi connectivity index (χ0) is 18.0. The number of pyridine rings is 1. The maximum Gasteiger partial charge on any atom is 0.226 e. The summed E-state index contributed by atoms with van der Waals surface area (Å²) in [6.45, 7) is 1.65. The number of fused-ring (bicyclic) bond motifs is 1. The highest BCUT2D eigenvalue weighted by Crippen LogP contribution is 2.35. The van der Waals surface area contributed by atoms with Gasteiger partial charge in [-0.15, -0.1) is 0 Å². The first-order valence-electron chi connectivity index (χ1n) is 9.18. The number of hydrogen-bond donors (Lipinski definition) is 1. The topological polar surface area (TPSA) is 80.5 Å². The van der Waals surface area contributed by atoms with Gasteiger partial charge in [-0.1, -0.05) is 0 Å². The lowest BCUT2D eigenvalue weighted by Crippen LogP contribution is -2.48. The van der Waals surface area contributed by atoms with Crippen LogP contribution in [-0.4, -0.2) is 48.9 Å². The van der Waals surface area contributed by atoms with Crippen molar-refractivity contribution < 1.29 is 14.6 Å². The molecule has 0 spiro atoms. The number of carbonyl (C=O) groups excluding carboxylic acids is 1. The minimum Gasteiger partial charge on any atom is -0.490 e. The number of aromatic nitrogens is 3. The molecule has 1 aliphatic carbocycles. The van der Waals surface area contributed by atoms with Crippen molar-refractivity contribution in [3.05, 3.63) is 42.5 Å². The molecule has 2 aromatic rings. The van der Waals surface area contributed by atoms with Crippen molar-refractivity contribution in [2.24, 2.45) is 0 Å². The summed E-state index contributed by atoms with van der Waals surface area (Å²) in [7, 11) is 0. The Bertz CT molecular complexity index is 757. The average molecular weight is 356 g/mol. The molecule has 0 radical (unpaired) electrons. The molecule has 7 nitrogen and oxygen atoms in total. The van der Waals surface area contributed by atoms with Crippen molar-refractivity contribution in [3.8, 4) is 5.75 Å². The molecule has 1 unspecified atom stereocenters. The van der Waals surface area contributed by atoms with Gasteiger partial charge in [-0.05, 0) is 43.9 Å². The molecule has 0 aromatic carbocycles. The van der Waals surface area contributed by atoms with Crippen LogP contribution in [0.5, 0.6) is 5.75 Å². The van der Waals surface area contributed by atoms with Crippen LogP contribution in [0.4, 0.5) is 0 Å². The van der Waals surface area contributed by atoms with E-state index < -0.39 is 5.60 Å². The maximum absolute atomic E-state index is 13.0. The second-order valence-electron chi connectivity index (χ2n) is 7.26. The minimum atomic E-state index is -0.821. The van der Waals surface area contributed by atoms with Gasteiger partial charge in [0.1, 0.15) is 12.4 Å². The van der Waals surface area contributed by atoms with Crippen LogP contribution in [0.3, 0.4) is 0 Å². The number of aliphatic hydroxyl groups is 1. The highest BCUT2D eigenvalue weighted by atomic mass is 16.5. The molecule has 7 heteroatoms. The van der Waals surface area contributed by atoms with Gasteiger partial charge < -0.3 is 14.7 Å². The number of aryl methyl sites for hydroxylation is 1. The van der Waals surface area contributed by atoms with Crippen LogP contribution in [-0.2, 0) is 17.9 Å². The summed E-state index contributed by atoms with van der Waals surface area (Å²) in [5.74, 6) is 0.682. The quantitative estimate of drug-likeness (QED) is 0.883. The normalized spacial score (nSPS) is 21.4. The Morgan fingerprint density at radius 2 is 2.23 bits per heavy atom. The van der Waals surface area contributed by atoms with E-state index in [9.17, 15) is 9.90 Å². The van der Waals surface area contributed by atoms with Crippen molar-refractivity contribution >= 4 is 5.91 Å². The fourth-order valence-corrected chi connectivity index (χ4v) is 3.66. The Hall–Kier alpha value is -2.41. The van der Waals surface area contributed by atoms with Crippen molar-refractivity contribution in [2.45, 2.75) is 56.8 Å². The van der Waals surface area contributed by atoms with Gasteiger partial charge in [0.2, 0.25) is 5.91 Å². The molecule has 1 aliphatic heterocycles. The number of rotatable bonds is 5. The Morgan fingerprint density at radius 1 is 1.35 bits per heavy atom. The van der Waals surface area contributed by atoms with E-state index in [-0.39, 0.29) is 18.4 Å². The third-order valence-electron chi connectivity index (χ3n) is 5.41. The highest BCUT2D eigenvalue weighted by molar-refractivity contribution is 5.77. The summed E-state index contributed by atoms with van der Waals surface area (Å²) < 4.78 is 7.83. The number of carbonyl (C=O) groups is 1. The van der Waals surface area contributed by atoms with Gasteiger partial charge >= 0.3 is 0 Å². The third-order valence-corrected chi connectivity index (χ3v) is 5.41. The second kappa shape index (κ2) is 7.07. The van der Waals surface area contributed by atoms with Crippen molar-refractivity contribution in [1.29, 1.82) is 0 Å². The lowest BCUT2D eigenvalue weighted by molar-refractivity contribution is -0.144. The first-order valence-corrected chi connectivity index (χ1v) is 9.18. The second-order valence-corrected chi connectivity index (χ2v) is 7.26. The lowest BCUT2D eigenvalue weighted by atomic mass is 9.77. The molecule has 1 fully saturated rings. The summed E-state index contributed by atoms with van der Waals surface area (Å²) in [6, 6.07) is 5.57. The van der Waals surface area contributed by atoms with Crippen molar-refractivity contribution in [1.82, 2.24) is 19.7 Å². The maximum atomic E-state index is 13.0. The molecular formula is C19H24N4O3. The van der Waals surface area contributed by atoms with Gasteiger partial charge in [-0.25, -0.2) is 0 Å². The molecule has 0 saturated heterocycles. The van der Waals surface area contributed by atoms with Gasteiger partial charge in [-0.3, -0.25) is 14.5 Å². The first kappa shape index (κ1) is 17.0. The molecule has 0 bridgehead atoms. The number of hydrogen-bond acceptors (Lipinski definition) is 5. The molecule has 1 N–H and O–H groups in total. The minimum absolute atomic E-state index is 0.0124. The average Bonchev–Trinajstić information content (AvgIpc) is 2.99. The standard InChI is InChI=1S/C19H24N4O3/c24-18(11-19(25)6-2-7-19)22-13-15-4-9-21-23(15)10-5-16(22)14-26-17-3-1-8-20-12-17/h1,3-4,8-9,12,16,25H,2,5-7,10-11,13-14H2. The van der Waals surface area contributed by atoms with Crippen LogP contribution in [0, 0.1) is 0 Å². The van der Waals surface area contributed by atoms with E-state index in [4.69, 9.17) is 4.74 Å². The molecular weight excluding hydrogens is 332 g/mol. The fraction of sp³-hybridized carbons (Fsp3) is 0.526. The van der Waals surface area contributed by atoms with Gasteiger partial charge in [0.15, 0.2) is 0 Å². The smallest absolute Gasteiger partial charge is 0.226 e. The predicted octanol–water partition coefficient (Wildman–Crippen LogP) is 1.76. The molecule has 2 aliphatic rings. The van der Waals surface area contributed by atoms with E-state index in [1.165, 1.54) is 0 Å². The van der Waals surface area contributed by atoms with Crippen LogP contribution >= 0.6 is 0 Å². The van der Waals surface area contributed by atoms with E-state index in [1.807, 2.05) is 27.8 Å². The molecule has 2 aromatic heterocycles. The van der Waals surface area contributed by atoms with Crippen LogP contribution in [0.1, 0.15) is 37.8 Å². The number of amides is 1. The van der Waals surface area contributed by atoms with E-state index in [0.29, 0.717) is 31.7 Å². The van der Waals surface area contributed by atoms with Crippen LogP contribution in [0.2, 0.25) is 0 Å². The van der Waals surface area contributed by atoms with Crippen LogP contribution < -0.4 is 4.74 Å². The van der Waals surface area contributed by atoms with Crippen LogP contribution in [0.25, 0.3) is 0 Å². The monoisotopic (exact) mass is 356 g/mol. The molecule has 1 saturated carbocycles. The van der Waals surface area contributed by atoms with Gasteiger partial charge in [0, 0.05) is 18.9 Å². The Kier molecular flexibility index (Phi) is 4.63. The van der Waals surface area contributed by atoms with Gasteiger partial charge in [0.25, 0.3) is 0 Å². The lowest BCUT2D eigenvalue weighted by Gasteiger charge is -2.38. The third kappa shape index (κ3) is 3.58. The molecule has 1 amide bonds. The van der Waals surface area contributed by atoms with Crippen LogP contribution in [0.15, 0.2) is 36.8 Å². The molecule has 138 valence electrons. The molecule has 1 atom stereocenters. The Balaban J connectivity index is 1.49. The molecule has 26 heavy (non-hydrogen) atoms. The SMILES string of the molecule is O=C(CC1(O)CCC1)N1Cc2ccnn2CCC1COc1cccnc1. The summed E-state index contributed by atoms with van der Waals surface area (Å²) in [5.41, 5.74) is 0.195. The Morgan fingerprint density at radius 3 is 2.96 bits per heavy atom. The molecule has 3 heterocycles. The summed E-state index contributed by atoms with van der Waals surface area (Å²) in [4.78, 5) is 18.9. The van der Waals surface area contributed by atoms with Crippen molar-refractivity contribution in [3.63, 3.8) is 0 Å². The first-order chi connectivity index (χ1) is 12.6. The summed E-state index contributed by atoms with van der Waals surface area (Å²) in [5, 5.41) is 14.8. The molecule has 4 rings (SSSR count). The largest absolute Gasteiger partial charge is 0.490 e. The van der Waals surface area contributed by atoms with E-state index >= 15 is 0 Å². The fourth-order valence-electron chi connectivity index (χ4n) is 3.66. The van der Waals surface area contributed by atoms with Gasteiger partial charge in [-0.2, -0.15) is 5.10 Å². The van der Waals surface area contributed by atoms with Gasteiger partial charge in [0.05, 0.1) is 36.5 Å². The summed E-state index contributed by atoms with van der Waals surface area (Å²) in [6.07, 6.45) is 8.50. The number of ether oxygens (including phenoxy) is 1. The zero-order valence-electron chi connectivity index (χ0n) is 14.8. The van der Waals surface area contributed by atoms with E-state index in [1.54, 1.807) is 18.6 Å². The predicted molar refractivity (Wildman–Crippen MR) is 94.3 cm³/mol. The van der Waals surface area contributed by atoms with E-state index in [2.05, 4.69) is 10.1 Å². The van der Waals surface area contributed by atoms with E-state index in [0.717, 1.165) is 25.1 Å². The van der Waals surface area contributed by atoms with Crippen molar-refractivity contribution in [2.75, 3.05) is 6.61 Å². The summed E-state index contributed by atoms with van der Waals surface area (Å²) >= 11 is 0. The number of nitrogens with zero attached hydrogens (tertiary/aromatic N) is 4.